The smallest absolute Gasteiger partial charge is 0.189 e. The molecule has 0 radical (unpaired) electrons. The van der Waals surface area contributed by atoms with E-state index in [1.54, 1.807) is 59.6 Å². The molecular weight excluding hydrogens is 448 g/mol. The lowest BCUT2D eigenvalue weighted by molar-refractivity contribution is 0.0987. The first-order valence-corrected chi connectivity index (χ1v) is 11.6. The van der Waals surface area contributed by atoms with Crippen molar-refractivity contribution in [3.63, 3.8) is 0 Å². The van der Waals surface area contributed by atoms with E-state index in [4.69, 9.17) is 0 Å². The zero-order valence-corrected chi connectivity index (χ0v) is 18.4. The second kappa shape index (κ2) is 9.33. The zero-order chi connectivity index (χ0) is 20.9. The Kier molecular flexibility index (Phi) is 6.83. The molecule has 5 heteroatoms. The van der Waals surface area contributed by atoms with Gasteiger partial charge in [-0.05, 0) is 41.6 Å². The van der Waals surface area contributed by atoms with Gasteiger partial charge in [0.15, 0.2) is 15.6 Å². The van der Waals surface area contributed by atoms with Gasteiger partial charge in [0.25, 0.3) is 0 Å². The van der Waals surface area contributed by atoms with Gasteiger partial charge in [-0.1, -0.05) is 94.3 Å². The standard InChI is InChI=1S/C24H21BrO3S/c1-18-12-14-22(15-13-18)29(27,28)23(24(26)20-10-6-3-7-11-20)16-21(17-25)19-8-4-2-5-9-19/h2-15,17,23H,16H2,1H3/b21-17-. The van der Waals surface area contributed by atoms with Crippen molar-refractivity contribution in [2.45, 2.75) is 23.5 Å². The second-order valence-corrected chi connectivity index (χ2v) is 9.37. The highest BCUT2D eigenvalue weighted by Gasteiger charge is 2.35. The average Bonchev–Trinajstić information content (AvgIpc) is 2.75. The SMILES string of the molecule is Cc1ccc(S(=O)(=O)C(C/C(=C/Br)c2ccccc2)C(=O)c2ccccc2)cc1. The summed E-state index contributed by atoms with van der Waals surface area (Å²) in [5.41, 5.74) is 2.96. The van der Waals surface area contributed by atoms with Crippen molar-refractivity contribution in [3.8, 4) is 0 Å². The molecule has 0 aliphatic heterocycles. The van der Waals surface area contributed by atoms with E-state index < -0.39 is 20.9 Å². The Hall–Kier alpha value is -2.50. The summed E-state index contributed by atoms with van der Waals surface area (Å²) in [7, 11) is -3.89. The normalized spacial score (nSPS) is 13.1. The fourth-order valence-corrected chi connectivity index (χ4v) is 5.21. The van der Waals surface area contributed by atoms with Gasteiger partial charge in [-0.3, -0.25) is 4.79 Å². The van der Waals surface area contributed by atoms with Gasteiger partial charge in [0, 0.05) is 5.56 Å². The highest BCUT2D eigenvalue weighted by molar-refractivity contribution is 9.11. The van der Waals surface area contributed by atoms with Gasteiger partial charge in [0.05, 0.1) is 4.90 Å². The van der Waals surface area contributed by atoms with Crippen molar-refractivity contribution in [3.05, 3.63) is 107 Å². The van der Waals surface area contributed by atoms with E-state index in [1.165, 1.54) is 0 Å². The number of hydrogen-bond acceptors (Lipinski definition) is 3. The molecule has 29 heavy (non-hydrogen) atoms. The third-order valence-corrected chi connectivity index (χ3v) is 7.37. The molecular formula is C24H21BrO3S. The maximum absolute atomic E-state index is 13.5. The number of aryl methyl sites for hydroxylation is 1. The molecule has 0 fully saturated rings. The molecule has 0 N–H and O–H groups in total. The molecule has 0 amide bonds. The molecule has 0 aliphatic carbocycles. The van der Waals surface area contributed by atoms with Crippen LogP contribution in [0.25, 0.3) is 5.57 Å². The molecule has 3 nitrogen and oxygen atoms in total. The number of allylic oxidation sites excluding steroid dienone is 1. The quantitative estimate of drug-likeness (QED) is 0.408. The van der Waals surface area contributed by atoms with Crippen LogP contribution < -0.4 is 0 Å². The minimum absolute atomic E-state index is 0.0687. The van der Waals surface area contributed by atoms with Gasteiger partial charge in [0.1, 0.15) is 5.25 Å². The van der Waals surface area contributed by atoms with Crippen molar-refractivity contribution in [2.75, 3.05) is 0 Å². The summed E-state index contributed by atoms with van der Waals surface area (Å²) < 4.78 is 27.0. The summed E-state index contributed by atoms with van der Waals surface area (Å²) in [6.07, 6.45) is 0.0687. The Balaban J connectivity index is 2.06. The Bertz CT molecular complexity index is 1100. The number of hydrogen-bond donors (Lipinski definition) is 0. The van der Waals surface area contributed by atoms with Crippen molar-refractivity contribution < 1.29 is 13.2 Å². The van der Waals surface area contributed by atoms with E-state index in [-0.39, 0.29) is 11.3 Å². The molecule has 0 heterocycles. The van der Waals surface area contributed by atoms with Gasteiger partial charge < -0.3 is 0 Å². The highest BCUT2D eigenvalue weighted by atomic mass is 79.9. The topological polar surface area (TPSA) is 51.2 Å². The maximum atomic E-state index is 13.5. The van der Waals surface area contributed by atoms with Crippen LogP contribution in [-0.2, 0) is 9.84 Å². The lowest BCUT2D eigenvalue weighted by Crippen LogP contribution is -2.31. The van der Waals surface area contributed by atoms with Crippen LogP contribution in [0.1, 0.15) is 27.9 Å². The number of carbonyl (C=O) groups is 1. The molecule has 0 aliphatic rings. The van der Waals surface area contributed by atoms with Crippen LogP contribution in [0.5, 0.6) is 0 Å². The van der Waals surface area contributed by atoms with E-state index in [2.05, 4.69) is 15.9 Å². The molecule has 0 saturated heterocycles. The third kappa shape index (κ3) is 4.92. The number of halogens is 1. The van der Waals surface area contributed by atoms with E-state index in [1.807, 2.05) is 37.3 Å². The average molecular weight is 469 g/mol. The van der Waals surface area contributed by atoms with Gasteiger partial charge in [-0.15, -0.1) is 0 Å². The summed E-state index contributed by atoms with van der Waals surface area (Å²) in [4.78, 5) is 15.1. The monoisotopic (exact) mass is 468 g/mol. The first-order valence-electron chi connectivity index (χ1n) is 9.18. The highest BCUT2D eigenvalue weighted by Crippen LogP contribution is 2.30. The van der Waals surface area contributed by atoms with Crippen LogP contribution in [0.2, 0.25) is 0 Å². The van der Waals surface area contributed by atoms with E-state index in [9.17, 15) is 13.2 Å². The molecule has 3 aromatic carbocycles. The fraction of sp³-hybridized carbons (Fsp3) is 0.125. The summed E-state index contributed by atoms with van der Waals surface area (Å²) in [6, 6.07) is 24.7. The van der Waals surface area contributed by atoms with Crippen LogP contribution in [-0.4, -0.2) is 19.5 Å². The van der Waals surface area contributed by atoms with E-state index >= 15 is 0 Å². The first kappa shape index (κ1) is 21.2. The molecule has 1 unspecified atom stereocenters. The van der Waals surface area contributed by atoms with Crippen LogP contribution in [0.15, 0.2) is 94.8 Å². The van der Waals surface area contributed by atoms with Crippen LogP contribution in [0.4, 0.5) is 0 Å². The summed E-state index contributed by atoms with van der Waals surface area (Å²) in [5.74, 6) is -0.408. The molecule has 1 atom stereocenters. The summed E-state index contributed by atoms with van der Waals surface area (Å²) in [6.45, 7) is 1.89. The Morgan fingerprint density at radius 3 is 1.90 bits per heavy atom. The lowest BCUT2D eigenvalue weighted by atomic mass is 9.98. The molecule has 148 valence electrons. The minimum Gasteiger partial charge on any atom is -0.293 e. The van der Waals surface area contributed by atoms with Gasteiger partial charge in [-0.25, -0.2) is 8.42 Å². The van der Waals surface area contributed by atoms with Crippen LogP contribution in [0.3, 0.4) is 0 Å². The number of Topliss-reactive ketones (excluding diaryl/α,β-unsaturated/α-hetero) is 1. The summed E-state index contributed by atoms with van der Waals surface area (Å²) >= 11 is 3.35. The molecule has 3 rings (SSSR count). The second-order valence-electron chi connectivity index (χ2n) is 6.78. The van der Waals surface area contributed by atoms with E-state index in [0.717, 1.165) is 16.7 Å². The largest absolute Gasteiger partial charge is 0.293 e. The van der Waals surface area contributed by atoms with Crippen molar-refractivity contribution in [1.29, 1.82) is 0 Å². The number of benzene rings is 3. The zero-order valence-electron chi connectivity index (χ0n) is 16.0. The predicted molar refractivity (Wildman–Crippen MR) is 121 cm³/mol. The Morgan fingerprint density at radius 2 is 1.38 bits per heavy atom. The summed E-state index contributed by atoms with van der Waals surface area (Å²) in [5, 5.41) is -1.23. The first-order chi connectivity index (χ1) is 13.9. The van der Waals surface area contributed by atoms with Crippen molar-refractivity contribution in [2.24, 2.45) is 0 Å². The Labute approximate surface area is 180 Å². The number of rotatable bonds is 7. The van der Waals surface area contributed by atoms with Crippen LogP contribution >= 0.6 is 15.9 Å². The van der Waals surface area contributed by atoms with Gasteiger partial charge in [-0.2, -0.15) is 0 Å². The van der Waals surface area contributed by atoms with Crippen LogP contribution in [0, 0.1) is 6.92 Å². The predicted octanol–water partition coefficient (Wildman–Crippen LogP) is 5.85. The third-order valence-electron chi connectivity index (χ3n) is 4.76. The van der Waals surface area contributed by atoms with E-state index in [0.29, 0.717) is 5.56 Å². The van der Waals surface area contributed by atoms with Crippen molar-refractivity contribution >= 4 is 37.1 Å². The number of sulfone groups is 1. The fourth-order valence-electron chi connectivity index (χ4n) is 3.10. The minimum atomic E-state index is -3.89. The van der Waals surface area contributed by atoms with Gasteiger partial charge in [0.2, 0.25) is 0 Å². The maximum Gasteiger partial charge on any atom is 0.189 e. The molecule has 0 spiro atoms. The molecule has 3 aromatic rings. The van der Waals surface area contributed by atoms with Gasteiger partial charge >= 0.3 is 0 Å². The van der Waals surface area contributed by atoms with Crippen molar-refractivity contribution in [1.82, 2.24) is 0 Å². The Morgan fingerprint density at radius 1 is 0.862 bits per heavy atom. The molecule has 0 bridgehead atoms. The number of ketones is 1. The molecule has 0 aromatic heterocycles. The number of carbonyl (C=O) groups excluding carboxylic acids is 1. The lowest BCUT2D eigenvalue weighted by Gasteiger charge is -2.19. The molecule has 0 saturated carbocycles.